The summed E-state index contributed by atoms with van der Waals surface area (Å²) in [4.78, 5) is 10.8. The molecule has 0 saturated heterocycles. The van der Waals surface area contributed by atoms with Gasteiger partial charge in [0.25, 0.3) is 0 Å². The zero-order valence-electron chi connectivity index (χ0n) is 9.42. The highest BCUT2D eigenvalue weighted by atomic mass is 19.4. The maximum absolute atomic E-state index is 12.1. The minimum absolute atomic E-state index is 0.0686. The summed E-state index contributed by atoms with van der Waals surface area (Å²) in [6, 6.07) is 3.08. The monoisotopic (exact) mass is 285 g/mol. The third-order valence-electron chi connectivity index (χ3n) is 1.91. The second-order valence-electron chi connectivity index (χ2n) is 3.19. The molecule has 0 unspecified atom stereocenters. The molecule has 0 atom stereocenters. The average Bonchev–Trinajstić information content (AvgIpc) is 2.29. The van der Waals surface area contributed by atoms with Crippen LogP contribution < -0.4 is 14.8 Å². The number of hydrogen-bond donors (Lipinski definition) is 1. The first kappa shape index (κ1) is 15.0. The number of alkyl halides is 5. The summed E-state index contributed by atoms with van der Waals surface area (Å²) in [5.74, 6) is -2.84. The molecule has 4 nitrogen and oxygen atoms in total. The van der Waals surface area contributed by atoms with Gasteiger partial charge < -0.3 is 14.8 Å². The van der Waals surface area contributed by atoms with E-state index in [1.165, 1.54) is 18.5 Å². The molecular formula is C10H8F5NO3. The van der Waals surface area contributed by atoms with Crippen molar-refractivity contribution >= 4 is 11.6 Å². The van der Waals surface area contributed by atoms with Gasteiger partial charge >= 0.3 is 18.7 Å². The van der Waals surface area contributed by atoms with Crippen LogP contribution in [0.1, 0.15) is 0 Å². The van der Waals surface area contributed by atoms with Crippen LogP contribution in [0.3, 0.4) is 0 Å². The van der Waals surface area contributed by atoms with E-state index in [4.69, 9.17) is 4.74 Å². The third-order valence-corrected chi connectivity index (χ3v) is 1.91. The van der Waals surface area contributed by atoms with Crippen molar-refractivity contribution in [2.45, 2.75) is 12.8 Å². The molecule has 0 aliphatic carbocycles. The molecule has 0 aliphatic rings. The van der Waals surface area contributed by atoms with Crippen LogP contribution in [0.4, 0.5) is 27.6 Å². The molecule has 0 bridgehead atoms. The first-order chi connectivity index (χ1) is 8.74. The van der Waals surface area contributed by atoms with Crippen molar-refractivity contribution in [1.29, 1.82) is 0 Å². The number of ether oxygens (including phenoxy) is 2. The molecule has 0 fully saturated rings. The summed E-state index contributed by atoms with van der Waals surface area (Å²) >= 11 is 0. The number of halogens is 5. The number of hydrogen-bond acceptors (Lipinski definition) is 3. The standard InChI is InChI=1S/C10H8F5NO3/c1-18-5-2-3-7(19-9(11)12)6(4-5)16-8(17)10(13,14)15/h2-4,9H,1H3,(H,16,17). The molecule has 1 rings (SSSR count). The third kappa shape index (κ3) is 4.27. The van der Waals surface area contributed by atoms with Gasteiger partial charge in [0.2, 0.25) is 0 Å². The van der Waals surface area contributed by atoms with E-state index >= 15 is 0 Å². The fourth-order valence-electron chi connectivity index (χ4n) is 1.13. The predicted octanol–water partition coefficient (Wildman–Crippen LogP) is 2.80. The van der Waals surface area contributed by atoms with Crippen LogP contribution in [-0.2, 0) is 4.79 Å². The molecule has 0 heterocycles. The minimum Gasteiger partial charge on any atom is -0.497 e. The Balaban J connectivity index is 3.04. The Labute approximate surface area is 104 Å². The summed E-state index contributed by atoms with van der Waals surface area (Å²) in [5.41, 5.74) is -0.568. The highest BCUT2D eigenvalue weighted by Crippen LogP contribution is 2.31. The van der Waals surface area contributed by atoms with Crippen LogP contribution in [-0.4, -0.2) is 25.8 Å². The molecule has 1 N–H and O–H groups in total. The van der Waals surface area contributed by atoms with Crippen LogP contribution in [0, 0.1) is 0 Å². The lowest BCUT2D eigenvalue weighted by molar-refractivity contribution is -0.167. The van der Waals surface area contributed by atoms with Gasteiger partial charge in [-0.05, 0) is 12.1 Å². The van der Waals surface area contributed by atoms with E-state index < -0.39 is 30.1 Å². The normalized spacial score (nSPS) is 11.3. The second-order valence-corrected chi connectivity index (χ2v) is 3.19. The minimum atomic E-state index is -5.15. The van der Waals surface area contributed by atoms with Gasteiger partial charge in [-0.3, -0.25) is 4.79 Å². The molecular weight excluding hydrogens is 277 g/mol. The molecule has 0 radical (unpaired) electrons. The largest absolute Gasteiger partial charge is 0.497 e. The summed E-state index contributed by atoms with van der Waals surface area (Å²) in [6.45, 7) is -3.24. The van der Waals surface area contributed by atoms with E-state index in [1.807, 2.05) is 0 Å². The zero-order chi connectivity index (χ0) is 14.6. The SMILES string of the molecule is COc1ccc(OC(F)F)c(NC(=O)C(F)(F)F)c1. The maximum atomic E-state index is 12.1. The lowest BCUT2D eigenvalue weighted by atomic mass is 10.2. The first-order valence-corrected chi connectivity index (χ1v) is 4.75. The highest BCUT2D eigenvalue weighted by molar-refractivity contribution is 5.96. The van der Waals surface area contributed by atoms with Crippen molar-refractivity contribution in [2.75, 3.05) is 12.4 Å². The van der Waals surface area contributed by atoms with E-state index in [-0.39, 0.29) is 5.75 Å². The van der Waals surface area contributed by atoms with Gasteiger partial charge in [0.15, 0.2) is 0 Å². The number of amides is 1. The molecule has 0 spiro atoms. The van der Waals surface area contributed by atoms with Crippen molar-refractivity contribution in [3.63, 3.8) is 0 Å². The fourth-order valence-corrected chi connectivity index (χ4v) is 1.13. The van der Waals surface area contributed by atoms with Gasteiger partial charge in [-0.15, -0.1) is 0 Å². The number of methoxy groups -OCH3 is 1. The van der Waals surface area contributed by atoms with Gasteiger partial charge in [-0.1, -0.05) is 0 Å². The molecule has 9 heteroatoms. The Morgan fingerprint density at radius 2 is 1.95 bits per heavy atom. The van der Waals surface area contributed by atoms with Crippen molar-refractivity contribution in [2.24, 2.45) is 0 Å². The molecule has 0 aromatic heterocycles. The molecule has 1 aromatic carbocycles. The number of carbonyl (C=O) groups is 1. The molecule has 0 aliphatic heterocycles. The molecule has 1 aromatic rings. The van der Waals surface area contributed by atoms with Crippen LogP contribution in [0.2, 0.25) is 0 Å². The summed E-state index contributed by atoms with van der Waals surface area (Å²) < 4.78 is 69.1. The lowest BCUT2D eigenvalue weighted by Gasteiger charge is -2.14. The Morgan fingerprint density at radius 1 is 1.32 bits per heavy atom. The van der Waals surface area contributed by atoms with Crippen LogP contribution in [0.5, 0.6) is 11.5 Å². The average molecular weight is 285 g/mol. The van der Waals surface area contributed by atoms with E-state index in [1.54, 1.807) is 0 Å². The maximum Gasteiger partial charge on any atom is 0.471 e. The Bertz CT molecular complexity index is 461. The smallest absolute Gasteiger partial charge is 0.471 e. The van der Waals surface area contributed by atoms with Gasteiger partial charge in [0, 0.05) is 6.07 Å². The van der Waals surface area contributed by atoms with Crippen molar-refractivity contribution in [1.82, 2.24) is 0 Å². The molecule has 19 heavy (non-hydrogen) atoms. The van der Waals surface area contributed by atoms with Gasteiger partial charge in [-0.2, -0.15) is 22.0 Å². The number of carbonyl (C=O) groups excluding carboxylic acids is 1. The van der Waals surface area contributed by atoms with Crippen molar-refractivity contribution in [3.8, 4) is 11.5 Å². The van der Waals surface area contributed by atoms with Crippen LogP contribution in [0.15, 0.2) is 18.2 Å². The quantitative estimate of drug-likeness (QED) is 0.865. The van der Waals surface area contributed by atoms with Gasteiger partial charge in [0.05, 0.1) is 12.8 Å². The number of benzene rings is 1. The van der Waals surface area contributed by atoms with Gasteiger partial charge in [0.1, 0.15) is 11.5 Å². The zero-order valence-corrected chi connectivity index (χ0v) is 9.42. The molecule has 1 amide bonds. The summed E-state index contributed by atoms with van der Waals surface area (Å²) in [6.07, 6.45) is -5.15. The van der Waals surface area contributed by atoms with E-state index in [0.717, 1.165) is 12.1 Å². The van der Waals surface area contributed by atoms with Gasteiger partial charge in [-0.25, -0.2) is 0 Å². The number of rotatable bonds is 4. The molecule has 0 saturated carbocycles. The lowest BCUT2D eigenvalue weighted by Crippen LogP contribution is -2.30. The van der Waals surface area contributed by atoms with E-state index in [0.29, 0.717) is 0 Å². The predicted molar refractivity (Wildman–Crippen MR) is 54.3 cm³/mol. The summed E-state index contributed by atoms with van der Waals surface area (Å²) in [7, 11) is 1.22. The first-order valence-electron chi connectivity index (χ1n) is 4.75. The molecule has 106 valence electrons. The number of anilines is 1. The Hall–Kier alpha value is -2.06. The van der Waals surface area contributed by atoms with Crippen LogP contribution in [0.25, 0.3) is 0 Å². The van der Waals surface area contributed by atoms with Crippen molar-refractivity contribution < 1.29 is 36.2 Å². The summed E-state index contributed by atoms with van der Waals surface area (Å²) in [5, 5.41) is 1.43. The van der Waals surface area contributed by atoms with E-state index in [9.17, 15) is 26.7 Å². The van der Waals surface area contributed by atoms with E-state index in [2.05, 4.69) is 4.74 Å². The number of nitrogens with one attached hydrogen (secondary N) is 1. The highest BCUT2D eigenvalue weighted by Gasteiger charge is 2.39. The fraction of sp³-hybridized carbons (Fsp3) is 0.300. The Morgan fingerprint density at radius 3 is 2.42 bits per heavy atom. The topological polar surface area (TPSA) is 47.6 Å². The van der Waals surface area contributed by atoms with Crippen LogP contribution >= 0.6 is 0 Å². The van der Waals surface area contributed by atoms with Crippen molar-refractivity contribution in [3.05, 3.63) is 18.2 Å². The Kier molecular flexibility index (Phi) is 4.52. The second kappa shape index (κ2) is 5.72.